The van der Waals surface area contributed by atoms with Gasteiger partial charge in [-0.1, -0.05) is 42.5 Å². The number of nitrogens with zero attached hydrogens (tertiary/aromatic N) is 3. The molecule has 1 N–H and O–H groups in total. The van der Waals surface area contributed by atoms with Crippen LogP contribution in [0.15, 0.2) is 54.6 Å². The van der Waals surface area contributed by atoms with Gasteiger partial charge in [0.2, 0.25) is 5.66 Å². The fourth-order valence-corrected chi connectivity index (χ4v) is 5.13. The minimum atomic E-state index is -2.52. The van der Waals surface area contributed by atoms with E-state index < -0.39 is 64.2 Å². The molecule has 0 aromatic heterocycles. The smallest absolute Gasteiger partial charge is 0.437 e. The number of likely N-dealkylation sites (tertiary alicyclic amines) is 1. The van der Waals surface area contributed by atoms with E-state index in [9.17, 15) is 29.1 Å². The van der Waals surface area contributed by atoms with Gasteiger partial charge in [-0.15, -0.1) is 0 Å². The van der Waals surface area contributed by atoms with Crippen LogP contribution in [0.2, 0.25) is 0 Å². The Balaban J connectivity index is 1.75. The number of carbonyl (C=O) groups is 5. The summed E-state index contributed by atoms with van der Waals surface area (Å²) in [5.74, 6) is -3.46. The maximum Gasteiger partial charge on any atom is 0.437 e. The van der Waals surface area contributed by atoms with Gasteiger partial charge in [-0.2, -0.15) is 5.06 Å². The van der Waals surface area contributed by atoms with E-state index in [2.05, 4.69) is 0 Å². The molecule has 0 saturated carbocycles. The number of aliphatic carboxylic acids is 1. The van der Waals surface area contributed by atoms with Crippen molar-refractivity contribution in [1.29, 1.82) is 0 Å². The molecule has 0 radical (unpaired) electrons. The van der Waals surface area contributed by atoms with Gasteiger partial charge >= 0.3 is 22.1 Å². The number of ether oxygens (including phenoxy) is 2. The zero-order chi connectivity index (χ0) is 31.7. The van der Waals surface area contributed by atoms with E-state index in [1.807, 2.05) is 0 Å². The number of benzene rings is 2. The summed E-state index contributed by atoms with van der Waals surface area (Å²) in [6.45, 7) is 3.96. The number of hydroxylamine groups is 2. The molecule has 230 valence electrons. The Bertz CT molecular complexity index is 1390. The highest BCUT2D eigenvalue weighted by atomic mass is 35.6. The summed E-state index contributed by atoms with van der Waals surface area (Å²) in [5.41, 5.74) is -3.00. The fraction of sp³-hybridized carbons (Fsp3) is 0.393. The summed E-state index contributed by atoms with van der Waals surface area (Å²) in [4.78, 5) is 74.0. The summed E-state index contributed by atoms with van der Waals surface area (Å²) in [7, 11) is 0. The maximum absolute atomic E-state index is 13.7. The van der Waals surface area contributed by atoms with Crippen molar-refractivity contribution in [3.8, 4) is 0 Å². The third-order valence-electron chi connectivity index (χ3n) is 6.71. The highest BCUT2D eigenvalue weighted by Crippen LogP contribution is 2.40. The molecule has 2 atom stereocenters. The molecule has 2 heterocycles. The number of rotatable bonds is 6. The van der Waals surface area contributed by atoms with Crippen molar-refractivity contribution in [3.63, 3.8) is 0 Å². The summed E-state index contributed by atoms with van der Waals surface area (Å²) >= 11 is 17.1. The molecule has 0 unspecified atom stereocenters. The number of fused-ring (bicyclic) bond motifs is 1. The Morgan fingerprint density at radius 1 is 0.953 bits per heavy atom. The fourth-order valence-electron chi connectivity index (χ4n) is 4.94. The van der Waals surface area contributed by atoms with E-state index in [1.165, 1.54) is 24.3 Å². The monoisotopic (exact) mass is 655 g/mol. The number of hydrogen-bond acceptors (Lipinski definition) is 8. The molecule has 2 aliphatic heterocycles. The van der Waals surface area contributed by atoms with Crippen LogP contribution in [0.3, 0.4) is 0 Å². The highest BCUT2D eigenvalue weighted by molar-refractivity contribution is 6.66. The molecule has 0 aliphatic carbocycles. The van der Waals surface area contributed by atoms with Crippen molar-refractivity contribution < 1.29 is 43.4 Å². The van der Waals surface area contributed by atoms with Crippen LogP contribution in [-0.4, -0.2) is 77.8 Å². The largest absolute Gasteiger partial charge is 0.478 e. The number of carbonyl (C=O) groups excluding carboxylic acids is 4. The van der Waals surface area contributed by atoms with Gasteiger partial charge < -0.3 is 14.6 Å². The Hall–Kier alpha value is -3.58. The van der Waals surface area contributed by atoms with Crippen LogP contribution in [0, 0.1) is 0 Å². The SMILES string of the molecule is CC(C)(C)OC(=O)N1C[C@H](N(OCc2ccccc2)C(=O)OC(Cl)(Cl)Cl)CC[C@]1(C(=O)O)N1C(=O)c2ccccc2C1=O. The molecule has 15 heteroatoms. The summed E-state index contributed by atoms with van der Waals surface area (Å²) in [6.07, 6.45) is -3.10. The van der Waals surface area contributed by atoms with Crippen LogP contribution in [-0.2, 0) is 25.7 Å². The van der Waals surface area contributed by atoms with Crippen LogP contribution in [0.4, 0.5) is 9.59 Å². The lowest BCUT2D eigenvalue weighted by molar-refractivity contribution is -0.198. The minimum absolute atomic E-state index is 0.0153. The van der Waals surface area contributed by atoms with Gasteiger partial charge in [0.1, 0.15) is 12.2 Å². The first-order valence-electron chi connectivity index (χ1n) is 13.0. The molecule has 4 amide bonds. The van der Waals surface area contributed by atoms with Gasteiger partial charge in [0.25, 0.3) is 11.8 Å². The number of carboxylic acid groups (broad SMARTS) is 1. The van der Waals surface area contributed by atoms with E-state index in [-0.39, 0.29) is 24.2 Å². The van der Waals surface area contributed by atoms with Gasteiger partial charge in [-0.25, -0.2) is 19.3 Å². The molecule has 1 fully saturated rings. The van der Waals surface area contributed by atoms with E-state index in [4.69, 9.17) is 49.1 Å². The van der Waals surface area contributed by atoms with Crippen molar-refractivity contribution in [2.75, 3.05) is 6.54 Å². The number of hydrogen-bond donors (Lipinski definition) is 1. The molecule has 2 aromatic carbocycles. The van der Waals surface area contributed by atoms with Crippen LogP contribution in [0.5, 0.6) is 0 Å². The zero-order valence-corrected chi connectivity index (χ0v) is 25.6. The molecule has 1 saturated heterocycles. The number of carboxylic acids is 1. The maximum atomic E-state index is 13.7. The van der Waals surface area contributed by atoms with Crippen molar-refractivity contribution in [2.45, 2.75) is 61.5 Å². The van der Waals surface area contributed by atoms with Crippen molar-refractivity contribution in [1.82, 2.24) is 14.9 Å². The van der Waals surface area contributed by atoms with Gasteiger partial charge in [-0.05, 0) is 79.7 Å². The molecule has 43 heavy (non-hydrogen) atoms. The second-order valence-corrected chi connectivity index (χ2v) is 13.0. The molecule has 0 bridgehead atoms. The first-order valence-corrected chi connectivity index (χ1v) is 14.2. The first kappa shape index (κ1) is 32.3. The topological polar surface area (TPSA) is 143 Å². The third-order valence-corrected chi connectivity index (χ3v) is 6.95. The average molecular weight is 657 g/mol. The van der Waals surface area contributed by atoms with E-state index in [0.717, 1.165) is 9.96 Å². The van der Waals surface area contributed by atoms with Crippen LogP contribution in [0.25, 0.3) is 0 Å². The summed E-state index contributed by atoms with van der Waals surface area (Å²) in [6, 6.07) is 13.5. The van der Waals surface area contributed by atoms with E-state index in [0.29, 0.717) is 10.5 Å². The summed E-state index contributed by atoms with van der Waals surface area (Å²) < 4.78 is 7.93. The predicted octanol–water partition coefficient (Wildman–Crippen LogP) is 5.36. The second kappa shape index (κ2) is 12.2. The number of imide groups is 1. The van der Waals surface area contributed by atoms with Gasteiger partial charge in [-0.3, -0.25) is 19.3 Å². The van der Waals surface area contributed by atoms with Crippen molar-refractivity contribution in [3.05, 3.63) is 71.3 Å². The summed E-state index contributed by atoms with van der Waals surface area (Å²) in [5, 5.41) is 11.4. The van der Waals surface area contributed by atoms with Gasteiger partial charge in [0.15, 0.2) is 0 Å². The van der Waals surface area contributed by atoms with Gasteiger partial charge in [0.05, 0.1) is 23.7 Å². The number of alkyl halides is 3. The third kappa shape index (κ3) is 6.82. The molecule has 0 spiro atoms. The molecular formula is C28H28Cl3N3O9. The number of halogens is 3. The quantitative estimate of drug-likeness (QED) is 0.247. The van der Waals surface area contributed by atoms with E-state index in [1.54, 1.807) is 51.1 Å². The van der Waals surface area contributed by atoms with Crippen LogP contribution >= 0.6 is 34.8 Å². The Kier molecular flexibility index (Phi) is 9.17. The van der Waals surface area contributed by atoms with Gasteiger partial charge in [0, 0.05) is 6.42 Å². The minimum Gasteiger partial charge on any atom is -0.478 e. The lowest BCUT2D eigenvalue weighted by Crippen LogP contribution is -2.73. The lowest BCUT2D eigenvalue weighted by Gasteiger charge is -2.50. The molecular weight excluding hydrogens is 629 g/mol. The second-order valence-electron chi connectivity index (χ2n) is 10.8. The Labute approximate surface area is 261 Å². The molecule has 2 aromatic rings. The molecule has 2 aliphatic rings. The predicted molar refractivity (Wildman–Crippen MR) is 153 cm³/mol. The standard InChI is InChI=1S/C28H28Cl3N3O9/c1-26(2,3)42-24(39)32-15-18(34(25(40)43-28(29,30)31)41-16-17-9-5-4-6-10-17)13-14-27(32,23(37)38)33-21(35)19-11-7-8-12-20(19)22(33)36/h4-12,18H,13-16H2,1-3H3,(H,37,38)/t18-,27-/m1/s1. The number of amides is 4. The highest BCUT2D eigenvalue weighted by Gasteiger charge is 2.62. The number of piperidine rings is 1. The average Bonchev–Trinajstić information content (AvgIpc) is 3.17. The molecule has 12 nitrogen and oxygen atoms in total. The van der Waals surface area contributed by atoms with Crippen molar-refractivity contribution >= 4 is 64.8 Å². The van der Waals surface area contributed by atoms with Crippen molar-refractivity contribution in [2.24, 2.45) is 0 Å². The zero-order valence-electron chi connectivity index (χ0n) is 23.3. The molecule has 4 rings (SSSR count). The van der Waals surface area contributed by atoms with Crippen LogP contribution < -0.4 is 0 Å². The first-order chi connectivity index (χ1) is 20.0. The lowest BCUT2D eigenvalue weighted by atomic mass is 9.90. The van der Waals surface area contributed by atoms with Crippen LogP contribution in [0.1, 0.15) is 59.9 Å². The Morgan fingerprint density at radius 2 is 1.51 bits per heavy atom. The Morgan fingerprint density at radius 3 is 2.02 bits per heavy atom. The van der Waals surface area contributed by atoms with E-state index >= 15 is 0 Å². The normalized spacial score (nSPS) is 20.5.